The van der Waals surface area contributed by atoms with Crippen LogP contribution in [0.4, 0.5) is 5.82 Å². The van der Waals surface area contributed by atoms with Crippen LogP contribution in [0.1, 0.15) is 5.69 Å². The van der Waals surface area contributed by atoms with Crippen molar-refractivity contribution in [3.05, 3.63) is 22.8 Å². The molecule has 0 unspecified atom stereocenters. The van der Waals surface area contributed by atoms with E-state index in [0.29, 0.717) is 18.1 Å². The largest absolute Gasteiger partial charge is 0.389 e. The summed E-state index contributed by atoms with van der Waals surface area (Å²) in [5.41, 5.74) is 0.834. The first kappa shape index (κ1) is 8.78. The van der Waals surface area contributed by atoms with E-state index >= 15 is 0 Å². The molecule has 4 heteroatoms. The van der Waals surface area contributed by atoms with E-state index in [1.165, 1.54) is 0 Å². The average molecular weight is 199 g/mol. The van der Waals surface area contributed by atoms with Gasteiger partial charge in [-0.2, -0.15) is 0 Å². The van der Waals surface area contributed by atoms with Crippen LogP contribution in [0, 0.1) is 6.92 Å². The zero-order chi connectivity index (χ0) is 9.42. The number of aliphatic hydroxyl groups is 1. The fraction of sp³-hybridized carbons (Fsp3) is 0.444. The first-order valence-corrected chi connectivity index (χ1v) is 4.61. The number of pyridine rings is 1. The Kier molecular flexibility index (Phi) is 2.14. The second-order valence-corrected chi connectivity index (χ2v) is 3.70. The van der Waals surface area contributed by atoms with Gasteiger partial charge < -0.3 is 10.0 Å². The van der Waals surface area contributed by atoms with Gasteiger partial charge in [0.2, 0.25) is 0 Å². The van der Waals surface area contributed by atoms with Crippen molar-refractivity contribution in [1.82, 2.24) is 4.98 Å². The molecule has 0 bridgehead atoms. The van der Waals surface area contributed by atoms with Gasteiger partial charge in [0.05, 0.1) is 16.8 Å². The lowest BCUT2D eigenvalue weighted by atomic mass is 10.2. The van der Waals surface area contributed by atoms with Gasteiger partial charge in [0.15, 0.2) is 0 Å². The van der Waals surface area contributed by atoms with Gasteiger partial charge in [0.1, 0.15) is 5.82 Å². The average Bonchev–Trinajstić information content (AvgIpc) is 2.05. The van der Waals surface area contributed by atoms with Crippen LogP contribution < -0.4 is 4.90 Å². The summed E-state index contributed by atoms with van der Waals surface area (Å²) in [5, 5.41) is 9.79. The zero-order valence-corrected chi connectivity index (χ0v) is 8.12. The van der Waals surface area contributed by atoms with Gasteiger partial charge in [-0.3, -0.25) is 0 Å². The van der Waals surface area contributed by atoms with Crippen LogP contribution in [-0.2, 0) is 0 Å². The monoisotopic (exact) mass is 198 g/mol. The van der Waals surface area contributed by atoms with Crippen LogP contribution in [0.25, 0.3) is 0 Å². The molecule has 0 aromatic carbocycles. The van der Waals surface area contributed by atoms with Gasteiger partial charge in [0, 0.05) is 13.1 Å². The highest BCUT2D eigenvalue weighted by Gasteiger charge is 2.25. The number of β-amino-alcohol motifs (C(OH)–C–C–N with tert-alkyl or cyclic N) is 1. The molecule has 1 saturated heterocycles. The molecule has 1 aliphatic heterocycles. The number of aromatic nitrogens is 1. The van der Waals surface area contributed by atoms with Gasteiger partial charge in [-0.15, -0.1) is 0 Å². The fourth-order valence-corrected chi connectivity index (χ4v) is 1.45. The van der Waals surface area contributed by atoms with Crippen molar-refractivity contribution in [2.45, 2.75) is 13.0 Å². The molecule has 1 fully saturated rings. The quantitative estimate of drug-likeness (QED) is 0.738. The highest BCUT2D eigenvalue weighted by molar-refractivity contribution is 6.31. The molecule has 1 aromatic rings. The Labute approximate surface area is 82.0 Å². The molecule has 0 saturated carbocycles. The first-order chi connectivity index (χ1) is 6.16. The van der Waals surface area contributed by atoms with Crippen molar-refractivity contribution < 1.29 is 5.11 Å². The number of anilines is 1. The van der Waals surface area contributed by atoms with Crippen molar-refractivity contribution in [3.8, 4) is 0 Å². The third-order valence-electron chi connectivity index (χ3n) is 2.19. The van der Waals surface area contributed by atoms with Gasteiger partial charge in [0.25, 0.3) is 0 Å². The van der Waals surface area contributed by atoms with E-state index in [1.54, 1.807) is 0 Å². The molecular formula is C9H11ClN2O. The van der Waals surface area contributed by atoms with E-state index in [2.05, 4.69) is 4.98 Å². The molecule has 1 aromatic heterocycles. The highest BCUT2D eigenvalue weighted by atomic mass is 35.5. The molecule has 70 valence electrons. The Bertz CT molecular complexity index is 323. The Morgan fingerprint density at radius 3 is 2.77 bits per heavy atom. The first-order valence-electron chi connectivity index (χ1n) is 4.23. The van der Waals surface area contributed by atoms with Crippen LogP contribution in [-0.4, -0.2) is 29.3 Å². The summed E-state index contributed by atoms with van der Waals surface area (Å²) in [6, 6.07) is 3.71. The molecule has 2 heterocycles. The second kappa shape index (κ2) is 3.16. The summed E-state index contributed by atoms with van der Waals surface area (Å²) < 4.78 is 0. The predicted octanol–water partition coefficient (Wildman–Crippen LogP) is 1.22. The number of aryl methyl sites for hydroxylation is 1. The van der Waals surface area contributed by atoms with Crippen molar-refractivity contribution in [2.24, 2.45) is 0 Å². The van der Waals surface area contributed by atoms with Crippen LogP contribution in [0.15, 0.2) is 12.1 Å². The van der Waals surface area contributed by atoms with Crippen LogP contribution in [0.2, 0.25) is 5.02 Å². The van der Waals surface area contributed by atoms with E-state index in [9.17, 15) is 0 Å². The summed E-state index contributed by atoms with van der Waals surface area (Å²) in [7, 11) is 0. The summed E-state index contributed by atoms with van der Waals surface area (Å²) >= 11 is 5.84. The SMILES string of the molecule is Cc1nc(N2CC(O)C2)ccc1Cl. The van der Waals surface area contributed by atoms with Gasteiger partial charge >= 0.3 is 0 Å². The second-order valence-electron chi connectivity index (χ2n) is 3.30. The van der Waals surface area contributed by atoms with E-state index in [0.717, 1.165) is 11.5 Å². The highest BCUT2D eigenvalue weighted by Crippen LogP contribution is 2.22. The number of nitrogens with zero attached hydrogens (tertiary/aromatic N) is 2. The fourth-order valence-electron chi connectivity index (χ4n) is 1.35. The third-order valence-corrected chi connectivity index (χ3v) is 2.59. The molecule has 1 aliphatic rings. The molecule has 0 radical (unpaired) electrons. The third kappa shape index (κ3) is 1.62. The Balaban J connectivity index is 2.18. The van der Waals surface area contributed by atoms with Crippen molar-refractivity contribution in [2.75, 3.05) is 18.0 Å². The molecule has 0 aliphatic carbocycles. The van der Waals surface area contributed by atoms with Gasteiger partial charge in [-0.25, -0.2) is 4.98 Å². The van der Waals surface area contributed by atoms with E-state index in [4.69, 9.17) is 16.7 Å². The van der Waals surface area contributed by atoms with Crippen molar-refractivity contribution >= 4 is 17.4 Å². The lowest BCUT2D eigenvalue weighted by molar-refractivity contribution is 0.141. The predicted molar refractivity (Wildman–Crippen MR) is 52.2 cm³/mol. The van der Waals surface area contributed by atoms with Crippen LogP contribution in [0.5, 0.6) is 0 Å². The molecular weight excluding hydrogens is 188 g/mol. The van der Waals surface area contributed by atoms with Gasteiger partial charge in [-0.1, -0.05) is 11.6 Å². The van der Waals surface area contributed by atoms with E-state index in [1.807, 2.05) is 24.0 Å². The number of rotatable bonds is 1. The smallest absolute Gasteiger partial charge is 0.129 e. The summed E-state index contributed by atoms with van der Waals surface area (Å²) in [6.45, 7) is 3.23. The standard InChI is InChI=1S/C9H11ClN2O/c1-6-8(10)2-3-9(11-6)12-4-7(13)5-12/h2-3,7,13H,4-5H2,1H3. The number of aliphatic hydroxyl groups excluding tert-OH is 1. The molecule has 0 amide bonds. The minimum Gasteiger partial charge on any atom is -0.389 e. The molecule has 2 rings (SSSR count). The maximum Gasteiger partial charge on any atom is 0.129 e. The molecule has 1 N–H and O–H groups in total. The van der Waals surface area contributed by atoms with Crippen molar-refractivity contribution in [1.29, 1.82) is 0 Å². The maximum atomic E-state index is 9.11. The topological polar surface area (TPSA) is 36.4 Å². The molecule has 0 atom stereocenters. The minimum atomic E-state index is -0.196. The Morgan fingerprint density at radius 2 is 2.23 bits per heavy atom. The van der Waals surface area contributed by atoms with E-state index in [-0.39, 0.29) is 6.10 Å². The molecule has 3 nitrogen and oxygen atoms in total. The van der Waals surface area contributed by atoms with Gasteiger partial charge in [-0.05, 0) is 19.1 Å². The summed E-state index contributed by atoms with van der Waals surface area (Å²) in [6.07, 6.45) is -0.196. The Morgan fingerprint density at radius 1 is 1.54 bits per heavy atom. The van der Waals surface area contributed by atoms with Crippen molar-refractivity contribution in [3.63, 3.8) is 0 Å². The zero-order valence-electron chi connectivity index (χ0n) is 7.37. The number of hydrogen-bond donors (Lipinski definition) is 1. The summed E-state index contributed by atoms with van der Waals surface area (Å²) in [5.74, 6) is 0.896. The van der Waals surface area contributed by atoms with Crippen LogP contribution >= 0.6 is 11.6 Å². The number of halogens is 1. The maximum absolute atomic E-state index is 9.11. The van der Waals surface area contributed by atoms with Crippen LogP contribution in [0.3, 0.4) is 0 Å². The minimum absolute atomic E-state index is 0.196. The lowest BCUT2D eigenvalue weighted by Gasteiger charge is -2.36. The normalized spacial score (nSPS) is 17.3. The molecule has 0 spiro atoms. The van der Waals surface area contributed by atoms with E-state index < -0.39 is 0 Å². The summed E-state index contributed by atoms with van der Waals surface area (Å²) in [4.78, 5) is 6.33. The number of hydrogen-bond acceptors (Lipinski definition) is 3. The Hall–Kier alpha value is -0.800. The molecule has 13 heavy (non-hydrogen) atoms. The lowest BCUT2D eigenvalue weighted by Crippen LogP contribution is -2.51.